The van der Waals surface area contributed by atoms with Gasteiger partial charge in [0, 0.05) is 29.6 Å². The van der Waals surface area contributed by atoms with E-state index in [1.54, 1.807) is 13.0 Å². The zero-order chi connectivity index (χ0) is 13.2. The first-order chi connectivity index (χ1) is 9.22. The highest BCUT2D eigenvalue weighted by atomic mass is 16.4. The van der Waals surface area contributed by atoms with Gasteiger partial charge in [0.05, 0.1) is 6.54 Å². The molecule has 0 atom stereocenters. The number of aromatic nitrogens is 3. The molecule has 0 aliphatic heterocycles. The Balaban J connectivity index is 1.72. The number of fused-ring (bicyclic) bond motifs is 1. The van der Waals surface area contributed by atoms with Gasteiger partial charge < -0.3 is 14.7 Å². The predicted molar refractivity (Wildman–Crippen MR) is 68.5 cm³/mol. The van der Waals surface area contributed by atoms with E-state index in [-0.39, 0.29) is 12.5 Å². The van der Waals surface area contributed by atoms with Gasteiger partial charge in [-0.25, -0.2) is 0 Å². The molecule has 0 unspecified atom stereocenters. The van der Waals surface area contributed by atoms with E-state index in [4.69, 9.17) is 4.42 Å². The van der Waals surface area contributed by atoms with Crippen LogP contribution in [-0.4, -0.2) is 21.1 Å². The van der Waals surface area contributed by atoms with Crippen molar-refractivity contribution in [3.05, 3.63) is 47.8 Å². The number of H-pyrrole nitrogens is 1. The molecule has 0 radical (unpaired) electrons. The minimum Gasteiger partial charge on any atom is -0.424 e. The van der Waals surface area contributed by atoms with Crippen LogP contribution in [0.3, 0.4) is 0 Å². The van der Waals surface area contributed by atoms with Crippen LogP contribution in [0.1, 0.15) is 22.1 Å². The smallest absolute Gasteiger partial charge is 0.251 e. The summed E-state index contributed by atoms with van der Waals surface area (Å²) in [6.45, 7) is 1.93. The van der Waals surface area contributed by atoms with Gasteiger partial charge in [0.2, 0.25) is 11.8 Å². The van der Waals surface area contributed by atoms with E-state index in [2.05, 4.69) is 20.5 Å². The van der Waals surface area contributed by atoms with E-state index in [1.807, 2.05) is 24.4 Å². The van der Waals surface area contributed by atoms with Crippen LogP contribution in [0.25, 0.3) is 10.9 Å². The number of aryl methyl sites for hydroxylation is 1. The van der Waals surface area contributed by atoms with E-state index in [0.717, 1.165) is 10.9 Å². The summed E-state index contributed by atoms with van der Waals surface area (Å²) < 4.78 is 5.19. The van der Waals surface area contributed by atoms with Gasteiger partial charge in [0.15, 0.2) is 0 Å². The average molecular weight is 256 g/mol. The van der Waals surface area contributed by atoms with Gasteiger partial charge in [-0.2, -0.15) is 0 Å². The van der Waals surface area contributed by atoms with E-state index in [0.29, 0.717) is 17.3 Å². The summed E-state index contributed by atoms with van der Waals surface area (Å²) in [5, 5.41) is 11.3. The molecule has 0 saturated carbocycles. The summed E-state index contributed by atoms with van der Waals surface area (Å²) in [5.41, 5.74) is 1.60. The number of aromatic amines is 1. The average Bonchev–Trinajstić information content (AvgIpc) is 3.03. The van der Waals surface area contributed by atoms with Crippen LogP contribution in [0.15, 0.2) is 34.9 Å². The molecule has 3 aromatic rings. The third-order valence-electron chi connectivity index (χ3n) is 2.78. The molecule has 2 aromatic heterocycles. The molecule has 1 amide bonds. The SMILES string of the molecule is Cc1nnc(CNC(=O)c2ccc3[nH]ccc3c2)o1. The number of benzene rings is 1. The maximum atomic E-state index is 12.0. The van der Waals surface area contributed by atoms with Crippen molar-refractivity contribution in [1.29, 1.82) is 0 Å². The zero-order valence-electron chi connectivity index (χ0n) is 10.3. The molecular formula is C13H12N4O2. The van der Waals surface area contributed by atoms with Gasteiger partial charge in [-0.1, -0.05) is 0 Å². The van der Waals surface area contributed by atoms with Crippen molar-refractivity contribution in [3.63, 3.8) is 0 Å². The van der Waals surface area contributed by atoms with Gasteiger partial charge in [0.25, 0.3) is 5.91 Å². The minimum atomic E-state index is -0.168. The number of carbonyl (C=O) groups excluding carboxylic acids is 1. The lowest BCUT2D eigenvalue weighted by Gasteiger charge is -2.02. The van der Waals surface area contributed by atoms with Crippen LogP contribution in [-0.2, 0) is 6.54 Å². The van der Waals surface area contributed by atoms with Gasteiger partial charge in [-0.3, -0.25) is 4.79 Å². The molecule has 3 rings (SSSR count). The second kappa shape index (κ2) is 4.56. The predicted octanol–water partition coefficient (Wildman–Crippen LogP) is 1.79. The van der Waals surface area contributed by atoms with E-state index >= 15 is 0 Å². The van der Waals surface area contributed by atoms with Gasteiger partial charge >= 0.3 is 0 Å². The lowest BCUT2D eigenvalue weighted by molar-refractivity contribution is 0.0947. The van der Waals surface area contributed by atoms with Gasteiger partial charge in [-0.15, -0.1) is 10.2 Å². The molecular weight excluding hydrogens is 244 g/mol. The number of carbonyl (C=O) groups is 1. The van der Waals surface area contributed by atoms with Crippen molar-refractivity contribution in [2.75, 3.05) is 0 Å². The summed E-state index contributed by atoms with van der Waals surface area (Å²) in [6.07, 6.45) is 1.84. The normalized spacial score (nSPS) is 10.8. The molecule has 1 aromatic carbocycles. The number of nitrogens with one attached hydrogen (secondary N) is 2. The number of nitrogens with zero attached hydrogens (tertiary/aromatic N) is 2. The Hall–Kier alpha value is -2.63. The molecule has 6 nitrogen and oxygen atoms in total. The van der Waals surface area contributed by atoms with Gasteiger partial charge in [0.1, 0.15) is 0 Å². The molecule has 96 valence electrons. The van der Waals surface area contributed by atoms with Crippen LogP contribution < -0.4 is 5.32 Å². The molecule has 0 bridgehead atoms. The standard InChI is InChI=1S/C13H12N4O2/c1-8-16-17-12(19-8)7-15-13(18)10-2-3-11-9(6-10)4-5-14-11/h2-6,14H,7H2,1H3,(H,15,18). The van der Waals surface area contributed by atoms with Crippen molar-refractivity contribution in [1.82, 2.24) is 20.5 Å². The monoisotopic (exact) mass is 256 g/mol. The molecule has 6 heteroatoms. The van der Waals surface area contributed by atoms with Crippen molar-refractivity contribution in [2.24, 2.45) is 0 Å². The van der Waals surface area contributed by atoms with Crippen LogP contribution in [0.2, 0.25) is 0 Å². The lowest BCUT2D eigenvalue weighted by Crippen LogP contribution is -2.22. The van der Waals surface area contributed by atoms with Crippen LogP contribution in [0.5, 0.6) is 0 Å². The number of hydrogen-bond donors (Lipinski definition) is 2. The Morgan fingerprint density at radius 1 is 1.37 bits per heavy atom. The van der Waals surface area contributed by atoms with Crippen molar-refractivity contribution < 1.29 is 9.21 Å². The first kappa shape index (κ1) is 11.5. The van der Waals surface area contributed by atoms with Crippen LogP contribution >= 0.6 is 0 Å². The first-order valence-corrected chi connectivity index (χ1v) is 5.87. The number of rotatable bonds is 3. The van der Waals surface area contributed by atoms with Crippen LogP contribution in [0.4, 0.5) is 0 Å². The fourth-order valence-corrected chi connectivity index (χ4v) is 1.86. The van der Waals surface area contributed by atoms with E-state index in [9.17, 15) is 4.79 Å². The maximum Gasteiger partial charge on any atom is 0.251 e. The molecule has 2 heterocycles. The first-order valence-electron chi connectivity index (χ1n) is 5.87. The summed E-state index contributed by atoms with van der Waals surface area (Å²) in [4.78, 5) is 15.1. The minimum absolute atomic E-state index is 0.168. The fourth-order valence-electron chi connectivity index (χ4n) is 1.86. The van der Waals surface area contributed by atoms with E-state index < -0.39 is 0 Å². The maximum absolute atomic E-state index is 12.0. The fraction of sp³-hybridized carbons (Fsp3) is 0.154. The Kier molecular flexibility index (Phi) is 2.75. The zero-order valence-corrected chi connectivity index (χ0v) is 10.3. The third kappa shape index (κ3) is 2.33. The quantitative estimate of drug-likeness (QED) is 0.748. The lowest BCUT2D eigenvalue weighted by atomic mass is 10.1. The molecule has 0 fully saturated rings. The van der Waals surface area contributed by atoms with E-state index in [1.165, 1.54) is 0 Å². The molecule has 0 aliphatic carbocycles. The molecule has 0 aliphatic rings. The highest BCUT2D eigenvalue weighted by Gasteiger charge is 2.08. The van der Waals surface area contributed by atoms with Crippen molar-refractivity contribution in [2.45, 2.75) is 13.5 Å². The number of hydrogen-bond acceptors (Lipinski definition) is 4. The summed E-state index contributed by atoms with van der Waals surface area (Å²) >= 11 is 0. The highest BCUT2D eigenvalue weighted by molar-refractivity contribution is 5.97. The van der Waals surface area contributed by atoms with Crippen LogP contribution in [0, 0.1) is 6.92 Å². The van der Waals surface area contributed by atoms with Crippen molar-refractivity contribution >= 4 is 16.8 Å². The molecule has 0 saturated heterocycles. The molecule has 2 N–H and O–H groups in total. The van der Waals surface area contributed by atoms with Gasteiger partial charge in [-0.05, 0) is 24.3 Å². The Morgan fingerprint density at radius 3 is 3.05 bits per heavy atom. The Morgan fingerprint density at radius 2 is 2.26 bits per heavy atom. The third-order valence-corrected chi connectivity index (χ3v) is 2.78. The Bertz CT molecular complexity index is 729. The summed E-state index contributed by atoms with van der Waals surface area (Å²) in [5.74, 6) is 0.713. The second-order valence-corrected chi connectivity index (χ2v) is 4.18. The Labute approximate surface area is 108 Å². The second-order valence-electron chi connectivity index (χ2n) is 4.18. The topological polar surface area (TPSA) is 83.8 Å². The largest absolute Gasteiger partial charge is 0.424 e. The summed E-state index contributed by atoms with van der Waals surface area (Å²) in [7, 11) is 0. The number of amides is 1. The van der Waals surface area contributed by atoms with Crippen molar-refractivity contribution in [3.8, 4) is 0 Å². The molecule has 19 heavy (non-hydrogen) atoms. The summed E-state index contributed by atoms with van der Waals surface area (Å²) in [6, 6.07) is 7.40. The highest BCUT2D eigenvalue weighted by Crippen LogP contribution is 2.14. The molecule has 0 spiro atoms.